The van der Waals surface area contributed by atoms with Crippen LogP contribution in [0.25, 0.3) is 0 Å². The van der Waals surface area contributed by atoms with Crippen LogP contribution in [0.2, 0.25) is 0 Å². The number of esters is 2. The van der Waals surface area contributed by atoms with E-state index in [1.54, 1.807) is 0 Å². The third kappa shape index (κ3) is 6.53. The van der Waals surface area contributed by atoms with Gasteiger partial charge in [-0.3, -0.25) is 0 Å². The fourth-order valence-electron chi connectivity index (χ4n) is 0.568. The van der Waals surface area contributed by atoms with Crippen molar-refractivity contribution in [1.29, 1.82) is 0 Å². The number of halogens is 3. The number of alkyl halides is 2. The zero-order valence-corrected chi connectivity index (χ0v) is 7.84. The number of hydrogen-bond acceptors (Lipinski definition) is 4. The van der Waals surface area contributed by atoms with E-state index in [0.29, 0.717) is 0 Å². The summed E-state index contributed by atoms with van der Waals surface area (Å²) in [6.07, 6.45) is -3.01. The highest BCUT2D eigenvalue weighted by atomic mass is 19.3. The molecule has 0 aliphatic rings. The second-order valence-electron chi connectivity index (χ2n) is 2.24. The largest absolute Gasteiger partial charge is 0.458 e. The molecule has 0 aliphatic carbocycles. The lowest BCUT2D eigenvalue weighted by molar-refractivity contribution is -0.167. The van der Waals surface area contributed by atoms with Crippen LogP contribution >= 0.6 is 0 Å². The first-order chi connectivity index (χ1) is 6.97. The van der Waals surface area contributed by atoms with Gasteiger partial charge >= 0.3 is 11.9 Å². The predicted octanol–water partition coefficient (Wildman–Crippen LogP) is 1.21. The summed E-state index contributed by atoms with van der Waals surface area (Å²) in [7, 11) is 0. The van der Waals surface area contributed by atoms with Gasteiger partial charge in [-0.15, -0.1) is 0 Å². The number of allylic oxidation sites excluding steroid dienone is 1. The molecule has 0 saturated heterocycles. The first kappa shape index (κ1) is 13.5. The first-order valence-corrected chi connectivity index (χ1v) is 3.95. The van der Waals surface area contributed by atoms with Crippen LogP contribution in [0.5, 0.6) is 0 Å². The molecule has 86 valence electrons. The van der Waals surface area contributed by atoms with Crippen LogP contribution in [-0.2, 0) is 19.1 Å². The quantitative estimate of drug-likeness (QED) is 0.534. The molecule has 0 aromatic rings. The average Bonchev–Trinajstić information content (AvgIpc) is 2.13. The number of ether oxygens (including phenoxy) is 2. The summed E-state index contributed by atoms with van der Waals surface area (Å²) in [6, 6.07) is 0. The number of carbonyl (C=O) groups is 2. The molecular weight excluding hydrogens is 217 g/mol. The zero-order chi connectivity index (χ0) is 11.8. The van der Waals surface area contributed by atoms with Crippen LogP contribution in [-0.4, -0.2) is 31.6 Å². The molecule has 0 saturated carbocycles. The highest BCUT2D eigenvalue weighted by Gasteiger charge is 2.17. The minimum atomic E-state index is -2.98. The molecule has 0 unspecified atom stereocenters. The maximum Gasteiger partial charge on any atom is 0.417 e. The Morgan fingerprint density at radius 2 is 1.80 bits per heavy atom. The standard InChI is InChI=1S/C8H9F3O4/c1-2-14-7(12)8(13)15-4-5(9)3-6(10)11/h3,6H,2,4H2,1H3/b5-3-. The van der Waals surface area contributed by atoms with Gasteiger partial charge < -0.3 is 9.47 Å². The molecule has 0 aromatic heterocycles. The lowest BCUT2D eigenvalue weighted by Crippen LogP contribution is -2.20. The highest BCUT2D eigenvalue weighted by molar-refractivity contribution is 6.29. The fourth-order valence-corrected chi connectivity index (χ4v) is 0.568. The van der Waals surface area contributed by atoms with Gasteiger partial charge in [-0.05, 0) is 6.92 Å². The van der Waals surface area contributed by atoms with Crippen molar-refractivity contribution in [3.8, 4) is 0 Å². The van der Waals surface area contributed by atoms with Gasteiger partial charge in [-0.1, -0.05) is 0 Å². The van der Waals surface area contributed by atoms with E-state index in [2.05, 4.69) is 9.47 Å². The number of carbonyl (C=O) groups excluding carboxylic acids is 2. The summed E-state index contributed by atoms with van der Waals surface area (Å²) in [4.78, 5) is 21.2. The zero-order valence-electron chi connectivity index (χ0n) is 7.84. The van der Waals surface area contributed by atoms with Gasteiger partial charge in [0.15, 0.2) is 0 Å². The number of rotatable bonds is 4. The van der Waals surface area contributed by atoms with Gasteiger partial charge in [-0.2, -0.15) is 0 Å². The van der Waals surface area contributed by atoms with Crippen molar-refractivity contribution in [1.82, 2.24) is 0 Å². The molecule has 0 bridgehead atoms. The Balaban J connectivity index is 3.95. The minimum Gasteiger partial charge on any atom is -0.458 e. The van der Waals surface area contributed by atoms with E-state index in [1.807, 2.05) is 0 Å². The van der Waals surface area contributed by atoms with E-state index in [9.17, 15) is 22.8 Å². The van der Waals surface area contributed by atoms with Gasteiger partial charge in [0.05, 0.1) is 6.61 Å². The Kier molecular flexibility index (Phi) is 6.16. The van der Waals surface area contributed by atoms with E-state index in [0.717, 1.165) is 0 Å². The SMILES string of the molecule is CCOC(=O)C(=O)OC/C(F)=C/C(F)F. The van der Waals surface area contributed by atoms with Gasteiger partial charge in [0, 0.05) is 6.08 Å². The number of hydrogen-bond donors (Lipinski definition) is 0. The minimum absolute atomic E-state index is 0.0293. The summed E-state index contributed by atoms with van der Waals surface area (Å²) in [5.41, 5.74) is 0. The van der Waals surface area contributed by atoms with Crippen molar-refractivity contribution in [2.24, 2.45) is 0 Å². The molecule has 0 atom stereocenters. The molecule has 7 heteroatoms. The molecule has 0 aliphatic heterocycles. The maximum atomic E-state index is 12.4. The fraction of sp³-hybridized carbons (Fsp3) is 0.500. The van der Waals surface area contributed by atoms with Crippen LogP contribution in [0.1, 0.15) is 6.92 Å². The molecule has 0 fully saturated rings. The molecule has 4 nitrogen and oxygen atoms in total. The summed E-state index contributed by atoms with van der Waals surface area (Å²) in [6.45, 7) is 0.410. The molecule has 0 radical (unpaired) electrons. The van der Waals surface area contributed by atoms with Crippen molar-refractivity contribution in [3.63, 3.8) is 0 Å². The molecule has 0 amide bonds. The van der Waals surface area contributed by atoms with Crippen LogP contribution in [0.4, 0.5) is 13.2 Å². The van der Waals surface area contributed by atoms with Crippen molar-refractivity contribution in [2.75, 3.05) is 13.2 Å². The monoisotopic (exact) mass is 226 g/mol. The highest BCUT2D eigenvalue weighted by Crippen LogP contribution is 2.03. The molecule has 0 N–H and O–H groups in total. The van der Waals surface area contributed by atoms with E-state index in [4.69, 9.17) is 0 Å². The summed E-state index contributed by atoms with van der Waals surface area (Å²) in [5.74, 6) is -4.04. The third-order valence-electron chi connectivity index (χ3n) is 1.09. The van der Waals surface area contributed by atoms with Crippen molar-refractivity contribution < 1.29 is 32.2 Å². The average molecular weight is 226 g/mol. The maximum absolute atomic E-state index is 12.4. The first-order valence-electron chi connectivity index (χ1n) is 3.95. The Morgan fingerprint density at radius 3 is 2.27 bits per heavy atom. The van der Waals surface area contributed by atoms with Gasteiger partial charge in [0.2, 0.25) is 0 Å². The lowest BCUT2D eigenvalue weighted by Gasteiger charge is -2.02. The molecule has 0 heterocycles. The second kappa shape index (κ2) is 6.86. The van der Waals surface area contributed by atoms with Crippen LogP contribution in [0.15, 0.2) is 11.9 Å². The molecule has 15 heavy (non-hydrogen) atoms. The molecular formula is C8H9F3O4. The Morgan fingerprint density at radius 1 is 1.27 bits per heavy atom. The Labute approximate surface area is 83.7 Å². The van der Waals surface area contributed by atoms with Gasteiger partial charge in [0.25, 0.3) is 6.43 Å². The second-order valence-corrected chi connectivity index (χ2v) is 2.24. The van der Waals surface area contributed by atoms with Crippen LogP contribution < -0.4 is 0 Å². The van der Waals surface area contributed by atoms with Crippen LogP contribution in [0, 0.1) is 0 Å². The van der Waals surface area contributed by atoms with E-state index < -0.39 is 30.8 Å². The molecule has 0 aromatic carbocycles. The smallest absolute Gasteiger partial charge is 0.417 e. The Hall–Kier alpha value is -1.53. The molecule has 0 spiro atoms. The summed E-state index contributed by atoms with van der Waals surface area (Å²) in [5, 5.41) is 0. The van der Waals surface area contributed by atoms with Crippen molar-refractivity contribution in [3.05, 3.63) is 11.9 Å². The van der Waals surface area contributed by atoms with E-state index in [-0.39, 0.29) is 12.7 Å². The Bertz CT molecular complexity index is 263. The summed E-state index contributed by atoms with van der Waals surface area (Å²) < 4.78 is 43.7. The topological polar surface area (TPSA) is 52.6 Å². The van der Waals surface area contributed by atoms with Gasteiger partial charge in [-0.25, -0.2) is 22.8 Å². The third-order valence-corrected chi connectivity index (χ3v) is 1.09. The lowest BCUT2D eigenvalue weighted by atomic mass is 10.5. The molecule has 0 rings (SSSR count). The van der Waals surface area contributed by atoms with Crippen molar-refractivity contribution >= 4 is 11.9 Å². The van der Waals surface area contributed by atoms with Crippen molar-refractivity contribution in [2.45, 2.75) is 13.3 Å². The van der Waals surface area contributed by atoms with Gasteiger partial charge in [0.1, 0.15) is 12.4 Å². The van der Waals surface area contributed by atoms with E-state index >= 15 is 0 Å². The van der Waals surface area contributed by atoms with Crippen LogP contribution in [0.3, 0.4) is 0 Å². The van der Waals surface area contributed by atoms with E-state index in [1.165, 1.54) is 6.92 Å². The summed E-state index contributed by atoms with van der Waals surface area (Å²) >= 11 is 0. The normalized spacial score (nSPS) is 11.4. The predicted molar refractivity (Wildman–Crippen MR) is 42.8 cm³/mol.